The highest BCUT2D eigenvalue weighted by Crippen LogP contribution is 2.25. The maximum Gasteiger partial charge on any atom is 0.267 e. The standard InChI is InChI=1S/C18H20FN3O2/c1-18(2,3)22(14-8-9-21-15(11-14)17(20)24)16(23)10-12-4-6-13(19)7-5-12/h4-9,11H,10H2,1-3H3,(H2,20,24). The first kappa shape index (κ1) is 17.6. The number of benzene rings is 1. The zero-order valence-electron chi connectivity index (χ0n) is 13.9. The van der Waals surface area contributed by atoms with Crippen molar-refractivity contribution in [1.82, 2.24) is 4.98 Å². The average Bonchev–Trinajstić information content (AvgIpc) is 2.48. The maximum absolute atomic E-state index is 13.0. The molecule has 0 unspecified atom stereocenters. The third-order valence-electron chi connectivity index (χ3n) is 3.44. The van der Waals surface area contributed by atoms with Crippen LogP contribution in [0.4, 0.5) is 10.1 Å². The van der Waals surface area contributed by atoms with Gasteiger partial charge in [0.1, 0.15) is 11.5 Å². The Bertz CT molecular complexity index is 752. The highest BCUT2D eigenvalue weighted by atomic mass is 19.1. The normalized spacial score (nSPS) is 11.2. The zero-order valence-corrected chi connectivity index (χ0v) is 13.9. The van der Waals surface area contributed by atoms with Gasteiger partial charge in [0.15, 0.2) is 0 Å². The third-order valence-corrected chi connectivity index (χ3v) is 3.44. The lowest BCUT2D eigenvalue weighted by Gasteiger charge is -2.36. The topological polar surface area (TPSA) is 76.3 Å². The van der Waals surface area contributed by atoms with Crippen LogP contribution in [0.1, 0.15) is 36.8 Å². The molecular weight excluding hydrogens is 309 g/mol. The minimum atomic E-state index is -0.656. The Morgan fingerprint density at radius 3 is 2.33 bits per heavy atom. The van der Waals surface area contributed by atoms with E-state index in [9.17, 15) is 14.0 Å². The third kappa shape index (κ3) is 4.16. The molecule has 0 radical (unpaired) electrons. The average molecular weight is 329 g/mol. The van der Waals surface area contributed by atoms with Crippen LogP contribution < -0.4 is 10.6 Å². The van der Waals surface area contributed by atoms with Crippen LogP contribution in [0.15, 0.2) is 42.6 Å². The van der Waals surface area contributed by atoms with Crippen molar-refractivity contribution in [1.29, 1.82) is 0 Å². The highest BCUT2D eigenvalue weighted by Gasteiger charge is 2.28. The Morgan fingerprint density at radius 2 is 1.79 bits per heavy atom. The van der Waals surface area contributed by atoms with E-state index in [0.29, 0.717) is 11.3 Å². The Kier molecular flexibility index (Phi) is 4.97. The lowest BCUT2D eigenvalue weighted by molar-refractivity contribution is -0.118. The van der Waals surface area contributed by atoms with E-state index in [0.717, 1.165) is 0 Å². The summed E-state index contributed by atoms with van der Waals surface area (Å²) in [5.74, 6) is -1.17. The van der Waals surface area contributed by atoms with Gasteiger partial charge in [0.05, 0.1) is 6.42 Å². The summed E-state index contributed by atoms with van der Waals surface area (Å²) in [5, 5.41) is 0. The molecule has 1 aromatic carbocycles. The van der Waals surface area contributed by atoms with Crippen molar-refractivity contribution < 1.29 is 14.0 Å². The molecule has 0 aliphatic heterocycles. The minimum absolute atomic E-state index is 0.0938. The largest absolute Gasteiger partial charge is 0.364 e. The fourth-order valence-electron chi connectivity index (χ4n) is 2.45. The number of amides is 2. The summed E-state index contributed by atoms with van der Waals surface area (Å²) < 4.78 is 13.0. The molecule has 0 fully saturated rings. The van der Waals surface area contributed by atoms with Crippen LogP contribution in [0.25, 0.3) is 0 Å². The Balaban J connectivity index is 2.35. The number of hydrogen-bond donors (Lipinski definition) is 1. The molecule has 0 bridgehead atoms. The van der Waals surface area contributed by atoms with Gasteiger partial charge in [0.2, 0.25) is 5.91 Å². The molecule has 6 heteroatoms. The number of rotatable bonds is 4. The van der Waals surface area contributed by atoms with Gasteiger partial charge < -0.3 is 10.6 Å². The lowest BCUT2D eigenvalue weighted by Crippen LogP contribution is -2.46. The van der Waals surface area contributed by atoms with Gasteiger partial charge in [-0.3, -0.25) is 14.6 Å². The summed E-state index contributed by atoms with van der Waals surface area (Å²) in [6, 6.07) is 8.95. The molecule has 126 valence electrons. The molecule has 5 nitrogen and oxygen atoms in total. The molecule has 0 aliphatic rings. The van der Waals surface area contributed by atoms with E-state index in [4.69, 9.17) is 5.73 Å². The molecule has 2 N–H and O–H groups in total. The summed E-state index contributed by atoms with van der Waals surface area (Å²) in [4.78, 5) is 29.7. The van der Waals surface area contributed by atoms with Gasteiger partial charge in [-0.05, 0) is 50.6 Å². The second-order valence-electron chi connectivity index (χ2n) is 6.47. The van der Waals surface area contributed by atoms with E-state index in [-0.39, 0.29) is 23.8 Å². The van der Waals surface area contributed by atoms with Gasteiger partial charge in [-0.15, -0.1) is 0 Å². The predicted molar refractivity (Wildman–Crippen MR) is 90.1 cm³/mol. The summed E-state index contributed by atoms with van der Waals surface area (Å²) in [5.41, 5.74) is 6.09. The molecule has 1 heterocycles. The summed E-state index contributed by atoms with van der Waals surface area (Å²) in [6.07, 6.45) is 1.56. The number of anilines is 1. The molecule has 24 heavy (non-hydrogen) atoms. The number of primary amides is 1. The fourth-order valence-corrected chi connectivity index (χ4v) is 2.45. The van der Waals surface area contributed by atoms with E-state index in [1.54, 1.807) is 23.1 Å². The number of nitrogens with two attached hydrogens (primary N) is 1. The minimum Gasteiger partial charge on any atom is -0.364 e. The summed E-state index contributed by atoms with van der Waals surface area (Å²) in [7, 11) is 0. The molecule has 2 rings (SSSR count). The second kappa shape index (κ2) is 6.78. The molecule has 0 spiro atoms. The van der Waals surface area contributed by atoms with Gasteiger partial charge in [-0.1, -0.05) is 12.1 Å². The van der Waals surface area contributed by atoms with Gasteiger partial charge in [0, 0.05) is 17.4 Å². The highest BCUT2D eigenvalue weighted by molar-refractivity contribution is 5.98. The van der Waals surface area contributed by atoms with Crippen molar-refractivity contribution in [2.45, 2.75) is 32.7 Å². The van der Waals surface area contributed by atoms with Crippen LogP contribution in [0, 0.1) is 5.82 Å². The van der Waals surface area contributed by atoms with Gasteiger partial charge >= 0.3 is 0 Å². The molecule has 0 atom stereocenters. The smallest absolute Gasteiger partial charge is 0.267 e. The van der Waals surface area contributed by atoms with Crippen molar-refractivity contribution in [3.05, 3.63) is 59.7 Å². The molecule has 0 saturated heterocycles. The van der Waals surface area contributed by atoms with E-state index >= 15 is 0 Å². The summed E-state index contributed by atoms with van der Waals surface area (Å²) in [6.45, 7) is 5.67. The number of halogens is 1. The van der Waals surface area contributed by atoms with E-state index < -0.39 is 11.4 Å². The van der Waals surface area contributed by atoms with Gasteiger partial charge in [0.25, 0.3) is 5.91 Å². The summed E-state index contributed by atoms with van der Waals surface area (Å²) >= 11 is 0. The number of aromatic nitrogens is 1. The fraction of sp³-hybridized carbons (Fsp3) is 0.278. The first-order chi connectivity index (χ1) is 11.2. The number of carbonyl (C=O) groups excluding carboxylic acids is 2. The van der Waals surface area contributed by atoms with Gasteiger partial charge in [-0.2, -0.15) is 0 Å². The maximum atomic E-state index is 13.0. The second-order valence-corrected chi connectivity index (χ2v) is 6.47. The van der Waals surface area contributed by atoms with Crippen LogP contribution >= 0.6 is 0 Å². The molecule has 2 aromatic rings. The van der Waals surface area contributed by atoms with Crippen molar-refractivity contribution in [3.63, 3.8) is 0 Å². The number of hydrogen-bond acceptors (Lipinski definition) is 3. The zero-order chi connectivity index (χ0) is 17.9. The molecule has 0 saturated carbocycles. The number of nitrogens with zero attached hydrogens (tertiary/aromatic N) is 2. The first-order valence-electron chi connectivity index (χ1n) is 7.52. The van der Waals surface area contributed by atoms with E-state index in [1.807, 2.05) is 20.8 Å². The van der Waals surface area contributed by atoms with Crippen LogP contribution in [-0.4, -0.2) is 22.3 Å². The van der Waals surface area contributed by atoms with Crippen LogP contribution in [-0.2, 0) is 11.2 Å². The monoisotopic (exact) mass is 329 g/mol. The number of carbonyl (C=O) groups is 2. The van der Waals surface area contributed by atoms with Crippen molar-refractivity contribution in [2.75, 3.05) is 4.90 Å². The van der Waals surface area contributed by atoms with Crippen LogP contribution in [0.5, 0.6) is 0 Å². The Labute approximate surface area is 140 Å². The molecule has 2 amide bonds. The van der Waals surface area contributed by atoms with E-state index in [2.05, 4.69) is 4.98 Å². The first-order valence-corrected chi connectivity index (χ1v) is 7.52. The van der Waals surface area contributed by atoms with Crippen LogP contribution in [0.2, 0.25) is 0 Å². The van der Waals surface area contributed by atoms with Gasteiger partial charge in [-0.25, -0.2) is 4.39 Å². The van der Waals surface area contributed by atoms with Crippen LogP contribution in [0.3, 0.4) is 0 Å². The quantitative estimate of drug-likeness (QED) is 0.937. The van der Waals surface area contributed by atoms with Crippen molar-refractivity contribution in [3.8, 4) is 0 Å². The van der Waals surface area contributed by atoms with E-state index in [1.165, 1.54) is 24.4 Å². The molecular formula is C18H20FN3O2. The van der Waals surface area contributed by atoms with Crippen molar-refractivity contribution >= 4 is 17.5 Å². The SMILES string of the molecule is CC(C)(C)N(C(=O)Cc1ccc(F)cc1)c1ccnc(C(N)=O)c1. The number of pyridine rings is 1. The molecule has 1 aromatic heterocycles. The molecule has 0 aliphatic carbocycles. The van der Waals surface area contributed by atoms with Crippen molar-refractivity contribution in [2.24, 2.45) is 5.73 Å². The Hall–Kier alpha value is -2.76. The Morgan fingerprint density at radius 1 is 1.17 bits per heavy atom. The lowest BCUT2D eigenvalue weighted by atomic mass is 10.0. The predicted octanol–water partition coefficient (Wildman–Crippen LogP) is 2.69.